The maximum Gasteiger partial charge on any atom is 0.210 e. The Kier molecular flexibility index (Phi) is 4.85. The SMILES string of the molecule is COc1ccc(C(=O)[C@H](C)Sc2nnnn2C(C)(C)C)cc1. The summed E-state index contributed by atoms with van der Waals surface area (Å²) in [6.07, 6.45) is 0. The summed E-state index contributed by atoms with van der Waals surface area (Å²) < 4.78 is 6.83. The number of carbonyl (C=O) groups excluding carboxylic acids is 1. The predicted octanol–water partition coefficient (Wildman–Crippen LogP) is 2.80. The standard InChI is InChI=1S/C15H20N4O2S/c1-10(13(20)11-6-8-12(21-5)9-7-11)22-14-16-17-18-19(14)15(2,3)4/h6-10H,1-5H3/t10-/m0/s1. The van der Waals surface area contributed by atoms with Crippen molar-refractivity contribution < 1.29 is 9.53 Å². The normalized spacial score (nSPS) is 13.0. The number of methoxy groups -OCH3 is 1. The third-order valence-electron chi connectivity index (χ3n) is 3.10. The van der Waals surface area contributed by atoms with Gasteiger partial charge in [-0.15, -0.1) is 5.10 Å². The lowest BCUT2D eigenvalue weighted by Crippen LogP contribution is -2.25. The first-order valence-electron chi connectivity index (χ1n) is 6.96. The maximum atomic E-state index is 12.5. The average Bonchev–Trinajstić information content (AvgIpc) is 2.95. The minimum Gasteiger partial charge on any atom is -0.497 e. The van der Waals surface area contributed by atoms with Gasteiger partial charge in [0.25, 0.3) is 0 Å². The van der Waals surface area contributed by atoms with Crippen molar-refractivity contribution in [3.8, 4) is 5.75 Å². The number of aromatic nitrogens is 4. The van der Waals surface area contributed by atoms with E-state index >= 15 is 0 Å². The van der Waals surface area contributed by atoms with Gasteiger partial charge in [-0.25, -0.2) is 4.68 Å². The van der Waals surface area contributed by atoms with Gasteiger partial charge in [0.15, 0.2) is 5.78 Å². The van der Waals surface area contributed by atoms with E-state index in [0.717, 1.165) is 5.75 Å². The Morgan fingerprint density at radius 1 is 1.27 bits per heavy atom. The van der Waals surface area contributed by atoms with E-state index in [9.17, 15) is 4.79 Å². The van der Waals surface area contributed by atoms with Gasteiger partial charge < -0.3 is 4.74 Å². The van der Waals surface area contributed by atoms with Gasteiger partial charge in [-0.05, 0) is 62.4 Å². The van der Waals surface area contributed by atoms with E-state index in [0.29, 0.717) is 10.7 Å². The molecule has 0 aliphatic carbocycles. The molecule has 118 valence electrons. The third-order valence-corrected chi connectivity index (χ3v) is 4.14. The zero-order valence-electron chi connectivity index (χ0n) is 13.4. The van der Waals surface area contributed by atoms with Crippen molar-refractivity contribution in [2.75, 3.05) is 7.11 Å². The van der Waals surface area contributed by atoms with Crippen LogP contribution in [0.25, 0.3) is 0 Å². The first-order chi connectivity index (χ1) is 10.3. The number of ketones is 1. The summed E-state index contributed by atoms with van der Waals surface area (Å²) in [5.41, 5.74) is 0.421. The molecule has 0 saturated carbocycles. The highest BCUT2D eigenvalue weighted by Crippen LogP contribution is 2.27. The third kappa shape index (κ3) is 3.65. The van der Waals surface area contributed by atoms with Crippen molar-refractivity contribution in [2.45, 2.75) is 43.6 Å². The molecule has 6 nitrogen and oxygen atoms in total. The van der Waals surface area contributed by atoms with Crippen LogP contribution in [0.4, 0.5) is 0 Å². The molecule has 0 spiro atoms. The number of rotatable bonds is 5. The van der Waals surface area contributed by atoms with Crippen molar-refractivity contribution in [1.29, 1.82) is 0 Å². The number of hydrogen-bond donors (Lipinski definition) is 0. The number of tetrazole rings is 1. The van der Waals surface area contributed by atoms with Gasteiger partial charge in [-0.2, -0.15) is 0 Å². The molecule has 1 aromatic carbocycles. The fraction of sp³-hybridized carbons (Fsp3) is 0.467. The Labute approximate surface area is 134 Å². The summed E-state index contributed by atoms with van der Waals surface area (Å²) in [6.45, 7) is 7.91. The van der Waals surface area contributed by atoms with Gasteiger partial charge in [-0.3, -0.25) is 4.79 Å². The fourth-order valence-electron chi connectivity index (χ4n) is 1.88. The van der Waals surface area contributed by atoms with E-state index in [4.69, 9.17) is 4.74 Å². The minimum absolute atomic E-state index is 0.0381. The molecule has 0 unspecified atom stereocenters. The molecule has 0 bridgehead atoms. The molecule has 0 fully saturated rings. The number of thioether (sulfide) groups is 1. The number of benzene rings is 1. The van der Waals surface area contributed by atoms with Crippen molar-refractivity contribution in [3.63, 3.8) is 0 Å². The summed E-state index contributed by atoms with van der Waals surface area (Å²) in [5, 5.41) is 12.1. The lowest BCUT2D eigenvalue weighted by Gasteiger charge is -2.20. The molecule has 0 N–H and O–H groups in total. The van der Waals surface area contributed by atoms with Crippen LogP contribution in [0.1, 0.15) is 38.1 Å². The Morgan fingerprint density at radius 2 is 1.91 bits per heavy atom. The van der Waals surface area contributed by atoms with Gasteiger partial charge in [0.1, 0.15) is 5.75 Å². The van der Waals surface area contributed by atoms with Crippen LogP contribution >= 0.6 is 11.8 Å². The molecule has 1 aromatic heterocycles. The highest BCUT2D eigenvalue weighted by molar-refractivity contribution is 8.00. The summed E-state index contributed by atoms with van der Waals surface area (Å²) >= 11 is 1.36. The van der Waals surface area contributed by atoms with Crippen LogP contribution in [-0.4, -0.2) is 38.4 Å². The van der Waals surface area contributed by atoms with Crippen LogP contribution in [-0.2, 0) is 5.54 Å². The number of carbonyl (C=O) groups is 1. The smallest absolute Gasteiger partial charge is 0.210 e. The highest BCUT2D eigenvalue weighted by atomic mass is 32.2. The molecule has 1 atom stereocenters. The summed E-state index contributed by atoms with van der Waals surface area (Å²) in [6, 6.07) is 7.10. The van der Waals surface area contributed by atoms with E-state index in [1.165, 1.54) is 11.8 Å². The molecule has 0 radical (unpaired) electrons. The van der Waals surface area contributed by atoms with Crippen LogP contribution in [0.3, 0.4) is 0 Å². The van der Waals surface area contributed by atoms with Crippen LogP contribution in [0.15, 0.2) is 29.4 Å². The second-order valence-electron chi connectivity index (χ2n) is 5.90. The Balaban J connectivity index is 2.13. The van der Waals surface area contributed by atoms with E-state index in [-0.39, 0.29) is 16.6 Å². The van der Waals surface area contributed by atoms with E-state index in [1.54, 1.807) is 36.1 Å². The molecule has 0 aliphatic heterocycles. The van der Waals surface area contributed by atoms with Crippen molar-refractivity contribution in [2.24, 2.45) is 0 Å². The molecular formula is C15H20N4O2S. The largest absolute Gasteiger partial charge is 0.497 e. The number of ether oxygens (including phenoxy) is 1. The van der Waals surface area contributed by atoms with Crippen molar-refractivity contribution in [3.05, 3.63) is 29.8 Å². The molecule has 0 amide bonds. The summed E-state index contributed by atoms with van der Waals surface area (Å²) in [5.74, 6) is 0.768. The van der Waals surface area contributed by atoms with Crippen LogP contribution in [0.5, 0.6) is 5.75 Å². The quantitative estimate of drug-likeness (QED) is 0.623. The van der Waals surface area contributed by atoms with Gasteiger partial charge in [0.05, 0.1) is 17.9 Å². The average molecular weight is 320 g/mol. The van der Waals surface area contributed by atoms with E-state index in [1.807, 2.05) is 27.7 Å². The first-order valence-corrected chi connectivity index (χ1v) is 7.84. The number of hydrogen-bond acceptors (Lipinski definition) is 6. The second kappa shape index (κ2) is 6.48. The highest BCUT2D eigenvalue weighted by Gasteiger charge is 2.24. The molecule has 1 heterocycles. The molecule has 7 heteroatoms. The van der Waals surface area contributed by atoms with E-state index in [2.05, 4.69) is 15.5 Å². The zero-order chi connectivity index (χ0) is 16.3. The molecular weight excluding hydrogens is 300 g/mol. The topological polar surface area (TPSA) is 69.9 Å². The van der Waals surface area contributed by atoms with Crippen molar-refractivity contribution in [1.82, 2.24) is 20.2 Å². The Hall–Kier alpha value is -1.89. The lowest BCUT2D eigenvalue weighted by atomic mass is 10.1. The van der Waals surface area contributed by atoms with Crippen molar-refractivity contribution >= 4 is 17.5 Å². The van der Waals surface area contributed by atoms with Crippen LogP contribution in [0.2, 0.25) is 0 Å². The molecule has 0 aliphatic rings. The minimum atomic E-state index is -0.277. The van der Waals surface area contributed by atoms with Gasteiger partial charge >= 0.3 is 0 Å². The molecule has 22 heavy (non-hydrogen) atoms. The van der Waals surface area contributed by atoms with E-state index < -0.39 is 0 Å². The maximum absolute atomic E-state index is 12.5. The molecule has 0 saturated heterocycles. The van der Waals surface area contributed by atoms with Gasteiger partial charge in [-0.1, -0.05) is 11.8 Å². The Bertz CT molecular complexity index is 646. The summed E-state index contributed by atoms with van der Waals surface area (Å²) in [7, 11) is 1.60. The number of nitrogens with zero attached hydrogens (tertiary/aromatic N) is 4. The monoisotopic (exact) mass is 320 g/mol. The molecule has 2 aromatic rings. The lowest BCUT2D eigenvalue weighted by molar-refractivity contribution is 0.0993. The fourth-order valence-corrected chi connectivity index (χ4v) is 2.93. The Morgan fingerprint density at radius 3 is 2.45 bits per heavy atom. The molecule has 2 rings (SSSR count). The van der Waals surface area contributed by atoms with Gasteiger partial charge in [0.2, 0.25) is 5.16 Å². The van der Waals surface area contributed by atoms with Crippen LogP contribution < -0.4 is 4.74 Å². The zero-order valence-corrected chi connectivity index (χ0v) is 14.2. The first kappa shape index (κ1) is 16.5. The second-order valence-corrected chi connectivity index (χ2v) is 7.20. The number of Topliss-reactive ketones (excluding diaryl/α,β-unsaturated/α-hetero) is 1. The van der Waals surface area contributed by atoms with Gasteiger partial charge in [0, 0.05) is 5.56 Å². The summed E-state index contributed by atoms with van der Waals surface area (Å²) in [4.78, 5) is 12.5. The van der Waals surface area contributed by atoms with Crippen LogP contribution in [0, 0.1) is 0 Å². The predicted molar refractivity (Wildman–Crippen MR) is 85.5 cm³/mol.